The highest BCUT2D eigenvalue weighted by atomic mass is 31.2. The summed E-state index contributed by atoms with van der Waals surface area (Å²) in [6.45, 7) is 4.62. The molecule has 0 amide bonds. The quantitative estimate of drug-likeness (QED) is 0.0169. The Morgan fingerprint density at radius 3 is 0.961 bits per heavy atom. The number of hydrogen-bond acceptors (Lipinski definition) is 15. The highest BCUT2D eigenvalue weighted by molar-refractivity contribution is 7.47. The number of phosphoric acid groups is 2. The van der Waals surface area contributed by atoms with Crippen molar-refractivity contribution in [1.82, 2.24) is 0 Å². The maximum absolute atomic E-state index is 12.9. The van der Waals surface area contributed by atoms with Crippen LogP contribution >= 0.6 is 15.6 Å². The molecule has 0 fully saturated rings. The van der Waals surface area contributed by atoms with E-state index >= 15 is 0 Å². The predicted molar refractivity (Wildman–Crippen MR) is 298 cm³/mol. The van der Waals surface area contributed by atoms with E-state index in [9.17, 15) is 43.2 Å². The maximum Gasteiger partial charge on any atom is 0.472 e. The van der Waals surface area contributed by atoms with Gasteiger partial charge >= 0.3 is 39.5 Å². The molecule has 19 heteroatoms. The third kappa shape index (κ3) is 51.0. The SMILES string of the molecule is CCCCCC/C=C\C=C/CCCCCCCC(=O)O[C@H](COC(=O)CCCCCCCCCCC)COP(=O)(O)OC[C@@H](O)COP(=O)(O)OC[C@@H](COC(=O)CCCCCCC)OC(=O)CCCCCCCCC. The van der Waals surface area contributed by atoms with Gasteiger partial charge in [0.05, 0.1) is 26.4 Å². The minimum Gasteiger partial charge on any atom is -0.462 e. The summed E-state index contributed by atoms with van der Waals surface area (Å²) in [5, 5.41) is 10.4. The van der Waals surface area contributed by atoms with Crippen LogP contribution in [-0.2, 0) is 65.4 Å². The molecular formula is C57H106O17P2. The zero-order valence-electron chi connectivity index (χ0n) is 47.7. The van der Waals surface area contributed by atoms with Crippen molar-refractivity contribution in [2.75, 3.05) is 39.6 Å². The molecule has 3 N–H and O–H groups in total. The fraction of sp³-hybridized carbons (Fsp3) is 0.860. The molecule has 0 radical (unpaired) electrons. The van der Waals surface area contributed by atoms with Gasteiger partial charge in [0.1, 0.15) is 19.3 Å². The Balaban J connectivity index is 5.19. The summed E-state index contributed by atoms with van der Waals surface area (Å²) in [6, 6.07) is 0. The number of hydrogen-bond donors (Lipinski definition) is 3. The Morgan fingerprint density at radius 1 is 0.368 bits per heavy atom. The third-order valence-corrected chi connectivity index (χ3v) is 14.4. The molecule has 0 bridgehead atoms. The Kier molecular flexibility index (Phi) is 50.3. The molecule has 0 heterocycles. The normalized spacial score (nSPS) is 14.6. The molecule has 5 atom stereocenters. The lowest BCUT2D eigenvalue weighted by atomic mass is 10.1. The van der Waals surface area contributed by atoms with Gasteiger partial charge in [-0.1, -0.05) is 206 Å². The number of ether oxygens (including phenoxy) is 4. The lowest BCUT2D eigenvalue weighted by molar-refractivity contribution is -0.161. The third-order valence-electron chi connectivity index (χ3n) is 12.5. The topological polar surface area (TPSA) is 237 Å². The second-order valence-electron chi connectivity index (χ2n) is 20.0. The van der Waals surface area contributed by atoms with Gasteiger partial charge in [0.15, 0.2) is 12.2 Å². The molecular weight excluding hydrogens is 1020 g/mol. The minimum atomic E-state index is -4.94. The first-order valence-electron chi connectivity index (χ1n) is 29.6. The largest absolute Gasteiger partial charge is 0.472 e. The van der Waals surface area contributed by atoms with E-state index in [4.69, 9.17) is 37.0 Å². The molecule has 0 aliphatic rings. The number of esters is 4. The van der Waals surface area contributed by atoms with Gasteiger partial charge in [0.2, 0.25) is 0 Å². The van der Waals surface area contributed by atoms with E-state index in [1.807, 2.05) is 0 Å². The smallest absolute Gasteiger partial charge is 0.462 e. The summed E-state index contributed by atoms with van der Waals surface area (Å²) in [7, 11) is -9.87. The van der Waals surface area contributed by atoms with Crippen LogP contribution < -0.4 is 0 Å². The Labute approximate surface area is 459 Å². The van der Waals surface area contributed by atoms with Crippen molar-refractivity contribution in [1.29, 1.82) is 0 Å². The number of rotatable bonds is 56. The molecule has 446 valence electrons. The average molecular weight is 1130 g/mol. The molecule has 0 aromatic rings. The number of carbonyl (C=O) groups excluding carboxylic acids is 4. The van der Waals surface area contributed by atoms with Crippen LogP contribution in [0.1, 0.15) is 259 Å². The Morgan fingerprint density at radius 2 is 0.632 bits per heavy atom. The summed E-state index contributed by atoms with van der Waals surface area (Å²) < 4.78 is 67.3. The van der Waals surface area contributed by atoms with Crippen LogP contribution in [0.15, 0.2) is 24.3 Å². The summed E-state index contributed by atoms with van der Waals surface area (Å²) in [6.07, 6.45) is 37.5. The molecule has 0 aromatic carbocycles. The summed E-state index contributed by atoms with van der Waals surface area (Å²) in [5.74, 6) is -2.19. The number of phosphoric ester groups is 2. The minimum absolute atomic E-state index is 0.0849. The zero-order valence-corrected chi connectivity index (χ0v) is 49.5. The first kappa shape index (κ1) is 73.5. The lowest BCUT2D eigenvalue weighted by Crippen LogP contribution is -2.30. The Hall–Kier alpha value is -2.46. The number of unbranched alkanes of at least 4 members (excludes halogenated alkanes) is 27. The van der Waals surface area contributed by atoms with Crippen molar-refractivity contribution in [2.24, 2.45) is 0 Å². The predicted octanol–water partition coefficient (Wildman–Crippen LogP) is 14.8. The summed E-state index contributed by atoms with van der Waals surface area (Å²) in [5.41, 5.74) is 0. The molecule has 76 heavy (non-hydrogen) atoms. The van der Waals surface area contributed by atoms with Crippen LogP contribution in [0.3, 0.4) is 0 Å². The summed E-state index contributed by atoms with van der Waals surface area (Å²) >= 11 is 0. The fourth-order valence-electron chi connectivity index (χ4n) is 7.86. The van der Waals surface area contributed by atoms with E-state index in [2.05, 4.69) is 52.0 Å². The van der Waals surface area contributed by atoms with Gasteiger partial charge in [-0.2, -0.15) is 0 Å². The molecule has 0 spiro atoms. The molecule has 0 saturated heterocycles. The van der Waals surface area contributed by atoms with Gasteiger partial charge in [-0.05, 0) is 51.4 Å². The van der Waals surface area contributed by atoms with Gasteiger partial charge in [-0.3, -0.25) is 37.3 Å². The van der Waals surface area contributed by atoms with Gasteiger partial charge < -0.3 is 33.8 Å². The van der Waals surface area contributed by atoms with E-state index in [1.165, 1.54) is 57.8 Å². The van der Waals surface area contributed by atoms with Crippen LogP contribution in [0.5, 0.6) is 0 Å². The van der Waals surface area contributed by atoms with Crippen molar-refractivity contribution in [2.45, 2.75) is 277 Å². The summed E-state index contributed by atoms with van der Waals surface area (Å²) in [4.78, 5) is 71.4. The molecule has 2 unspecified atom stereocenters. The van der Waals surface area contributed by atoms with Crippen LogP contribution in [0.25, 0.3) is 0 Å². The number of aliphatic hydroxyl groups is 1. The maximum atomic E-state index is 12.9. The second kappa shape index (κ2) is 51.9. The van der Waals surface area contributed by atoms with E-state index in [0.717, 1.165) is 122 Å². The monoisotopic (exact) mass is 1120 g/mol. The van der Waals surface area contributed by atoms with Crippen molar-refractivity contribution in [3.63, 3.8) is 0 Å². The van der Waals surface area contributed by atoms with Crippen LogP contribution in [-0.4, -0.2) is 96.7 Å². The van der Waals surface area contributed by atoms with Crippen LogP contribution in [0, 0.1) is 0 Å². The molecule has 0 aliphatic carbocycles. The molecule has 0 saturated carbocycles. The zero-order chi connectivity index (χ0) is 56.2. The number of allylic oxidation sites excluding steroid dienone is 4. The Bertz CT molecular complexity index is 1580. The van der Waals surface area contributed by atoms with Crippen molar-refractivity contribution in [3.05, 3.63) is 24.3 Å². The van der Waals surface area contributed by atoms with Gasteiger partial charge in [-0.15, -0.1) is 0 Å². The van der Waals surface area contributed by atoms with E-state index < -0.39 is 97.5 Å². The van der Waals surface area contributed by atoms with E-state index in [0.29, 0.717) is 25.7 Å². The second-order valence-corrected chi connectivity index (χ2v) is 22.9. The molecule has 0 aliphatic heterocycles. The highest BCUT2D eigenvalue weighted by Gasteiger charge is 2.30. The number of carbonyl (C=O) groups is 4. The first-order valence-corrected chi connectivity index (χ1v) is 32.6. The van der Waals surface area contributed by atoms with Gasteiger partial charge in [-0.25, -0.2) is 9.13 Å². The van der Waals surface area contributed by atoms with Crippen molar-refractivity contribution in [3.8, 4) is 0 Å². The lowest BCUT2D eigenvalue weighted by Gasteiger charge is -2.21. The van der Waals surface area contributed by atoms with Crippen molar-refractivity contribution < 1.29 is 80.2 Å². The van der Waals surface area contributed by atoms with Crippen molar-refractivity contribution >= 4 is 39.5 Å². The first-order chi connectivity index (χ1) is 36.7. The average Bonchev–Trinajstić information content (AvgIpc) is 3.39. The van der Waals surface area contributed by atoms with E-state index in [1.54, 1.807) is 0 Å². The molecule has 17 nitrogen and oxygen atoms in total. The molecule has 0 aromatic heterocycles. The van der Waals surface area contributed by atoms with Gasteiger partial charge in [0, 0.05) is 25.7 Å². The molecule has 0 rings (SSSR count). The van der Waals surface area contributed by atoms with E-state index in [-0.39, 0.29) is 25.7 Å². The van der Waals surface area contributed by atoms with Crippen LogP contribution in [0.2, 0.25) is 0 Å². The fourth-order valence-corrected chi connectivity index (χ4v) is 9.43. The standard InChI is InChI=1S/C57H106O17P2/c1-5-9-13-17-20-22-23-24-25-26-27-29-32-36-40-44-57(62)74-53(48-68-55(60)42-38-34-31-28-21-18-14-10-6-2)50-72-76(65,66)70-46-51(58)45-69-75(63,64)71-49-52(47-67-54(59)41-37-33-16-12-8-4)73-56(61)43-39-35-30-19-15-11-7-3/h22-25,51-53,58H,5-21,26-50H2,1-4H3,(H,63,64)(H,65,66)/b23-22-,25-24-/t51-,52+,53+/m0/s1. The highest BCUT2D eigenvalue weighted by Crippen LogP contribution is 2.45. The number of aliphatic hydroxyl groups excluding tert-OH is 1. The van der Waals surface area contributed by atoms with Gasteiger partial charge in [0.25, 0.3) is 0 Å². The van der Waals surface area contributed by atoms with Crippen LogP contribution in [0.4, 0.5) is 0 Å².